The van der Waals surface area contributed by atoms with Crippen LogP contribution in [0.25, 0.3) is 0 Å². The average molecular weight is 221 g/mol. The van der Waals surface area contributed by atoms with Crippen molar-refractivity contribution in [1.82, 2.24) is 0 Å². The van der Waals surface area contributed by atoms with E-state index in [0.29, 0.717) is 9.94 Å². The molecule has 0 unspecified atom stereocenters. The lowest BCUT2D eigenvalue weighted by atomic mass is 10.4. The molecule has 0 N–H and O–H groups in total. The molecular formula is C10H17ClOS. The second-order valence-electron chi connectivity index (χ2n) is 2.22. The van der Waals surface area contributed by atoms with Crippen LogP contribution in [0, 0.1) is 0 Å². The van der Waals surface area contributed by atoms with Crippen LogP contribution in [0.4, 0.5) is 0 Å². The Morgan fingerprint density at radius 3 is 1.69 bits per heavy atom. The summed E-state index contributed by atoms with van der Waals surface area (Å²) in [6, 6.07) is 0. The Kier molecular flexibility index (Phi) is 9.86. The van der Waals surface area contributed by atoms with Gasteiger partial charge < -0.3 is 0 Å². The molecule has 0 atom stereocenters. The van der Waals surface area contributed by atoms with E-state index in [4.69, 9.17) is 11.6 Å². The van der Waals surface area contributed by atoms with Crippen molar-refractivity contribution >= 4 is 29.1 Å². The van der Waals surface area contributed by atoms with Gasteiger partial charge in [-0.05, 0) is 25.7 Å². The molecule has 13 heavy (non-hydrogen) atoms. The van der Waals surface area contributed by atoms with Gasteiger partial charge in [-0.25, -0.2) is 0 Å². The number of rotatable bonds is 3. The minimum Gasteiger partial charge on any atom is -0.294 e. The van der Waals surface area contributed by atoms with Gasteiger partial charge in [-0.1, -0.05) is 43.8 Å². The van der Waals surface area contributed by atoms with E-state index in [1.54, 1.807) is 6.92 Å². The highest BCUT2D eigenvalue weighted by molar-refractivity contribution is 8.07. The van der Waals surface area contributed by atoms with Gasteiger partial charge in [0.25, 0.3) is 0 Å². The second-order valence-corrected chi connectivity index (χ2v) is 4.10. The van der Waals surface area contributed by atoms with E-state index in [0.717, 1.165) is 4.91 Å². The zero-order valence-corrected chi connectivity index (χ0v) is 10.5. The number of hydrogen-bond donors (Lipinski definition) is 0. The number of Topliss-reactive ketones (excluding diaryl/α,β-unsaturated/α-hetero) is 1. The van der Waals surface area contributed by atoms with E-state index in [9.17, 15) is 4.79 Å². The van der Waals surface area contributed by atoms with E-state index in [-0.39, 0.29) is 5.78 Å². The summed E-state index contributed by atoms with van der Waals surface area (Å²) in [6.45, 7) is 12.7. The summed E-state index contributed by atoms with van der Waals surface area (Å²) in [6.07, 6.45) is 0. The summed E-state index contributed by atoms with van der Waals surface area (Å²) in [5.41, 5.74) is 0. The first kappa shape index (κ1) is 15.3. The zero-order valence-electron chi connectivity index (χ0n) is 8.90. The Hall–Kier alpha value is -0.210. The number of halogens is 1. The van der Waals surface area contributed by atoms with Crippen LogP contribution < -0.4 is 0 Å². The number of thioether (sulfide) groups is 1. The van der Waals surface area contributed by atoms with Crippen molar-refractivity contribution in [2.75, 3.05) is 0 Å². The molecule has 0 amide bonds. The predicted octanol–water partition coefficient (Wildman–Crippen LogP) is 4.34. The van der Waals surface area contributed by atoms with E-state index >= 15 is 0 Å². The maximum Gasteiger partial charge on any atom is 0.167 e. The lowest BCUT2D eigenvalue weighted by Crippen LogP contribution is -1.93. The zero-order chi connectivity index (χ0) is 11.0. The maximum absolute atomic E-state index is 10.9. The van der Waals surface area contributed by atoms with E-state index < -0.39 is 0 Å². The quantitative estimate of drug-likeness (QED) is 0.659. The molecule has 0 bridgehead atoms. The van der Waals surface area contributed by atoms with E-state index in [1.165, 1.54) is 18.7 Å². The van der Waals surface area contributed by atoms with Crippen molar-refractivity contribution < 1.29 is 4.79 Å². The van der Waals surface area contributed by atoms with Gasteiger partial charge in [0, 0.05) is 5.03 Å². The van der Waals surface area contributed by atoms with Gasteiger partial charge in [0.05, 0.1) is 4.91 Å². The highest BCUT2D eigenvalue weighted by atomic mass is 35.5. The first-order valence-electron chi connectivity index (χ1n) is 4.15. The average Bonchev–Trinajstić information content (AvgIpc) is 2.03. The van der Waals surface area contributed by atoms with E-state index in [2.05, 4.69) is 6.58 Å². The molecule has 0 spiro atoms. The van der Waals surface area contributed by atoms with Crippen LogP contribution >= 0.6 is 23.4 Å². The smallest absolute Gasteiger partial charge is 0.167 e. The maximum atomic E-state index is 10.9. The van der Waals surface area contributed by atoms with Crippen LogP contribution in [-0.2, 0) is 4.79 Å². The summed E-state index contributed by atoms with van der Waals surface area (Å²) in [5.74, 6) is -0.00880. The molecule has 0 aliphatic heterocycles. The van der Waals surface area contributed by atoms with Crippen molar-refractivity contribution in [2.24, 2.45) is 0 Å². The van der Waals surface area contributed by atoms with Crippen molar-refractivity contribution in [3.63, 3.8) is 0 Å². The van der Waals surface area contributed by atoms with Crippen LogP contribution in [-0.4, -0.2) is 5.78 Å². The fraction of sp³-hybridized carbons (Fsp3) is 0.500. The molecule has 0 aromatic heterocycles. The largest absolute Gasteiger partial charge is 0.294 e. The third kappa shape index (κ3) is 8.13. The van der Waals surface area contributed by atoms with Crippen LogP contribution in [0.15, 0.2) is 21.4 Å². The predicted molar refractivity (Wildman–Crippen MR) is 63.0 cm³/mol. The first-order chi connectivity index (χ1) is 5.95. The molecule has 0 saturated carbocycles. The summed E-state index contributed by atoms with van der Waals surface area (Å²) in [7, 11) is 0. The van der Waals surface area contributed by atoms with Crippen LogP contribution in [0.2, 0.25) is 0 Å². The van der Waals surface area contributed by atoms with Gasteiger partial charge in [0.15, 0.2) is 5.78 Å². The molecule has 76 valence electrons. The van der Waals surface area contributed by atoms with Crippen molar-refractivity contribution in [1.29, 1.82) is 0 Å². The number of hydrogen-bond acceptors (Lipinski definition) is 2. The monoisotopic (exact) mass is 220 g/mol. The highest BCUT2D eigenvalue weighted by Crippen LogP contribution is 2.28. The van der Waals surface area contributed by atoms with E-state index in [1.807, 2.05) is 20.8 Å². The Morgan fingerprint density at radius 1 is 1.23 bits per heavy atom. The van der Waals surface area contributed by atoms with Gasteiger partial charge in [-0.2, -0.15) is 0 Å². The van der Waals surface area contributed by atoms with Gasteiger partial charge in [-0.3, -0.25) is 4.79 Å². The molecular weight excluding hydrogens is 204 g/mol. The van der Waals surface area contributed by atoms with Crippen molar-refractivity contribution in [3.05, 3.63) is 21.4 Å². The molecule has 0 fully saturated rings. The SMILES string of the molecule is C=C(C)S/C(C(C)=O)=C(\C)Cl.CC. The standard InChI is InChI=1S/C8H11ClOS.C2H6/c1-5(2)11-8(6(3)9)7(4)10;1-2/h1H2,2-4H3;1-2H3/b8-6+;. The Labute approximate surface area is 90.2 Å². The lowest BCUT2D eigenvalue weighted by molar-refractivity contribution is -0.112. The number of allylic oxidation sites excluding steroid dienone is 3. The van der Waals surface area contributed by atoms with Gasteiger partial charge in [0.1, 0.15) is 0 Å². The number of ketones is 1. The number of carbonyl (C=O) groups is 1. The van der Waals surface area contributed by atoms with Gasteiger partial charge >= 0.3 is 0 Å². The summed E-state index contributed by atoms with van der Waals surface area (Å²) >= 11 is 7.00. The minimum atomic E-state index is -0.00880. The fourth-order valence-corrected chi connectivity index (χ4v) is 1.44. The third-order valence-corrected chi connectivity index (χ3v) is 2.36. The van der Waals surface area contributed by atoms with Crippen LogP contribution in [0.5, 0.6) is 0 Å². The third-order valence-electron chi connectivity index (χ3n) is 0.909. The Balaban J connectivity index is 0. The minimum absolute atomic E-state index is 0.00880. The summed E-state index contributed by atoms with van der Waals surface area (Å²) < 4.78 is 0. The molecule has 3 heteroatoms. The number of carbonyl (C=O) groups excluding carboxylic acids is 1. The Bertz CT molecular complexity index is 215. The summed E-state index contributed by atoms with van der Waals surface area (Å²) in [5, 5.41) is 0.533. The molecule has 0 aliphatic rings. The van der Waals surface area contributed by atoms with Gasteiger partial charge in [0.2, 0.25) is 0 Å². The molecule has 0 saturated heterocycles. The molecule has 1 nitrogen and oxygen atoms in total. The van der Waals surface area contributed by atoms with Crippen LogP contribution in [0.3, 0.4) is 0 Å². The fourth-order valence-electron chi connectivity index (χ4n) is 0.559. The molecule has 0 radical (unpaired) electrons. The molecule has 0 rings (SSSR count). The van der Waals surface area contributed by atoms with Crippen molar-refractivity contribution in [2.45, 2.75) is 34.6 Å². The second kappa shape index (κ2) is 8.39. The lowest BCUT2D eigenvalue weighted by Gasteiger charge is -2.02. The molecule has 0 aliphatic carbocycles. The normalized spacial score (nSPS) is 10.9. The molecule has 0 aromatic carbocycles. The Morgan fingerprint density at radius 2 is 1.62 bits per heavy atom. The first-order valence-corrected chi connectivity index (χ1v) is 5.35. The summed E-state index contributed by atoms with van der Waals surface area (Å²) in [4.78, 5) is 12.4. The highest BCUT2D eigenvalue weighted by Gasteiger charge is 2.07. The topological polar surface area (TPSA) is 17.1 Å². The van der Waals surface area contributed by atoms with Gasteiger partial charge in [-0.15, -0.1) is 0 Å². The van der Waals surface area contributed by atoms with Crippen LogP contribution in [0.1, 0.15) is 34.6 Å². The molecule has 0 heterocycles. The molecule has 0 aromatic rings. The van der Waals surface area contributed by atoms with Crippen molar-refractivity contribution in [3.8, 4) is 0 Å².